The van der Waals surface area contributed by atoms with Gasteiger partial charge in [-0.15, -0.1) is 0 Å². The monoisotopic (exact) mass is 302 g/mol. The van der Waals surface area contributed by atoms with Crippen LogP contribution in [0.1, 0.15) is 10.5 Å². The van der Waals surface area contributed by atoms with E-state index in [1.54, 1.807) is 4.57 Å². The summed E-state index contributed by atoms with van der Waals surface area (Å²) in [5.74, 6) is -0.992. The molecule has 5 heteroatoms. The van der Waals surface area contributed by atoms with Crippen LogP contribution in [0.25, 0.3) is 10.9 Å². The number of pyridine rings is 1. The molecule has 0 amide bonds. The predicted molar refractivity (Wildman–Crippen MR) is 60.4 cm³/mol. The number of hydrogen-bond donors (Lipinski definition) is 1. The minimum absolute atomic E-state index is 0.105. The summed E-state index contributed by atoms with van der Waals surface area (Å²) in [4.78, 5) is 14.8. The van der Waals surface area contributed by atoms with Crippen LogP contribution in [0.2, 0.25) is 0 Å². The number of rotatable bonds is 1. The van der Waals surface area contributed by atoms with Gasteiger partial charge in [-0.3, -0.25) is 0 Å². The van der Waals surface area contributed by atoms with E-state index in [-0.39, 0.29) is 5.69 Å². The van der Waals surface area contributed by atoms with Gasteiger partial charge in [0.05, 0.1) is 5.52 Å². The first kappa shape index (κ1) is 9.45. The van der Waals surface area contributed by atoms with Gasteiger partial charge in [-0.2, -0.15) is 0 Å². The highest BCUT2D eigenvalue weighted by molar-refractivity contribution is 14.1. The Labute approximate surface area is 93.7 Å². The van der Waals surface area contributed by atoms with Crippen molar-refractivity contribution in [1.82, 2.24) is 9.55 Å². The summed E-state index contributed by atoms with van der Waals surface area (Å²) in [5.41, 5.74) is 0.775. The summed E-state index contributed by atoms with van der Waals surface area (Å²) in [7, 11) is 1.82. The zero-order valence-corrected chi connectivity index (χ0v) is 9.52. The molecule has 0 saturated carbocycles. The highest BCUT2D eigenvalue weighted by Crippen LogP contribution is 2.23. The molecule has 0 radical (unpaired) electrons. The number of carboxylic acids is 1. The Balaban J connectivity index is 2.92. The van der Waals surface area contributed by atoms with Crippen LogP contribution < -0.4 is 0 Å². The number of nitrogens with zero attached hydrogens (tertiary/aromatic N) is 2. The summed E-state index contributed by atoms with van der Waals surface area (Å²) >= 11 is 2.18. The number of aromatic carboxylic acids is 1. The fraction of sp³-hybridized carbons (Fsp3) is 0.111. The molecule has 0 fully saturated rings. The summed E-state index contributed by atoms with van der Waals surface area (Å²) < 4.78 is 2.82. The maximum atomic E-state index is 10.9. The molecule has 0 bridgehead atoms. The number of aromatic nitrogens is 2. The second-order valence-electron chi connectivity index (χ2n) is 2.95. The largest absolute Gasteiger partial charge is 0.476 e. The van der Waals surface area contributed by atoms with E-state index < -0.39 is 5.97 Å². The van der Waals surface area contributed by atoms with Crippen LogP contribution in [-0.4, -0.2) is 20.6 Å². The molecule has 0 saturated heterocycles. The van der Waals surface area contributed by atoms with Crippen molar-refractivity contribution in [1.29, 1.82) is 0 Å². The van der Waals surface area contributed by atoms with E-state index in [0.29, 0.717) is 5.52 Å². The van der Waals surface area contributed by atoms with Crippen molar-refractivity contribution >= 4 is 39.5 Å². The van der Waals surface area contributed by atoms with Crippen molar-refractivity contribution in [3.8, 4) is 0 Å². The van der Waals surface area contributed by atoms with Crippen LogP contribution in [0.5, 0.6) is 0 Å². The van der Waals surface area contributed by atoms with Crippen molar-refractivity contribution in [2.45, 2.75) is 0 Å². The molecular formula is C9H7IN2O2. The van der Waals surface area contributed by atoms with Crippen LogP contribution in [-0.2, 0) is 7.05 Å². The Kier molecular flexibility index (Phi) is 2.18. The van der Waals surface area contributed by atoms with E-state index in [1.807, 2.05) is 19.3 Å². The van der Waals surface area contributed by atoms with Gasteiger partial charge in [-0.05, 0) is 28.7 Å². The molecule has 2 aromatic heterocycles. The van der Waals surface area contributed by atoms with Crippen LogP contribution in [0.15, 0.2) is 18.5 Å². The molecule has 2 heterocycles. The first-order valence-corrected chi connectivity index (χ1v) is 5.02. The van der Waals surface area contributed by atoms with Crippen molar-refractivity contribution in [2.75, 3.05) is 0 Å². The molecule has 14 heavy (non-hydrogen) atoms. The summed E-state index contributed by atoms with van der Waals surface area (Å²) in [6, 6.07) is 1.82. The van der Waals surface area contributed by atoms with Crippen molar-refractivity contribution in [3.63, 3.8) is 0 Å². The summed E-state index contributed by atoms with van der Waals surface area (Å²) in [5, 5.41) is 9.87. The van der Waals surface area contributed by atoms with Gasteiger partial charge in [0.2, 0.25) is 0 Å². The first-order valence-electron chi connectivity index (χ1n) is 3.94. The quantitative estimate of drug-likeness (QED) is 0.818. The Morgan fingerprint density at radius 2 is 2.36 bits per heavy atom. The maximum absolute atomic E-state index is 10.9. The van der Waals surface area contributed by atoms with Gasteiger partial charge in [0, 0.05) is 28.4 Å². The molecule has 0 aliphatic heterocycles. The SMILES string of the molecule is Cn1cc(I)c2ccnc(C(=O)O)c21. The van der Waals surface area contributed by atoms with Gasteiger partial charge in [0.15, 0.2) is 5.69 Å². The van der Waals surface area contributed by atoms with Gasteiger partial charge in [-0.1, -0.05) is 0 Å². The molecule has 0 aliphatic carbocycles. The lowest BCUT2D eigenvalue weighted by Gasteiger charge is -1.99. The average Bonchev–Trinajstić information content (AvgIpc) is 2.43. The van der Waals surface area contributed by atoms with E-state index in [1.165, 1.54) is 6.20 Å². The van der Waals surface area contributed by atoms with E-state index in [9.17, 15) is 4.79 Å². The second-order valence-corrected chi connectivity index (χ2v) is 4.11. The number of carbonyl (C=O) groups is 1. The number of halogens is 1. The molecule has 0 unspecified atom stereocenters. The van der Waals surface area contributed by atoms with Crippen LogP contribution in [0.4, 0.5) is 0 Å². The molecule has 72 valence electrons. The lowest BCUT2D eigenvalue weighted by Crippen LogP contribution is -2.03. The molecular weight excluding hydrogens is 295 g/mol. The first-order chi connectivity index (χ1) is 6.61. The van der Waals surface area contributed by atoms with Crippen LogP contribution >= 0.6 is 22.6 Å². The summed E-state index contributed by atoms with van der Waals surface area (Å²) in [6.07, 6.45) is 3.41. The highest BCUT2D eigenvalue weighted by Gasteiger charge is 2.14. The standard InChI is InChI=1S/C9H7IN2O2/c1-12-4-6(10)5-2-3-11-7(8(5)12)9(13)14/h2-4H,1H3,(H,13,14). The normalized spacial score (nSPS) is 10.7. The highest BCUT2D eigenvalue weighted by atomic mass is 127. The van der Waals surface area contributed by atoms with E-state index in [0.717, 1.165) is 8.96 Å². The fourth-order valence-corrected chi connectivity index (χ4v) is 2.32. The Hall–Kier alpha value is -1.11. The van der Waals surface area contributed by atoms with Crippen molar-refractivity contribution in [3.05, 3.63) is 27.7 Å². The van der Waals surface area contributed by atoms with Gasteiger partial charge >= 0.3 is 5.97 Å². The van der Waals surface area contributed by atoms with Gasteiger partial charge in [0.1, 0.15) is 0 Å². The average molecular weight is 302 g/mol. The number of aryl methyl sites for hydroxylation is 1. The summed E-state index contributed by atoms with van der Waals surface area (Å²) in [6.45, 7) is 0. The molecule has 4 nitrogen and oxygen atoms in total. The zero-order valence-electron chi connectivity index (χ0n) is 7.36. The third-order valence-electron chi connectivity index (χ3n) is 2.04. The molecule has 1 N–H and O–H groups in total. The van der Waals surface area contributed by atoms with Crippen LogP contribution in [0.3, 0.4) is 0 Å². The Bertz CT molecular complexity index is 519. The van der Waals surface area contributed by atoms with Crippen LogP contribution in [0, 0.1) is 3.57 Å². The number of fused-ring (bicyclic) bond motifs is 1. The Morgan fingerprint density at radius 3 is 3.00 bits per heavy atom. The molecule has 0 atom stereocenters. The molecule has 0 spiro atoms. The predicted octanol–water partition coefficient (Wildman–Crippen LogP) is 1.88. The molecule has 0 aliphatic rings. The second kappa shape index (κ2) is 3.23. The molecule has 2 rings (SSSR count). The number of carboxylic acid groups (broad SMARTS) is 1. The smallest absolute Gasteiger partial charge is 0.356 e. The van der Waals surface area contributed by atoms with Crippen molar-refractivity contribution < 1.29 is 9.90 Å². The third-order valence-corrected chi connectivity index (χ3v) is 2.90. The zero-order chi connectivity index (χ0) is 10.3. The topological polar surface area (TPSA) is 55.1 Å². The Morgan fingerprint density at radius 1 is 1.64 bits per heavy atom. The minimum Gasteiger partial charge on any atom is -0.476 e. The minimum atomic E-state index is -0.992. The maximum Gasteiger partial charge on any atom is 0.356 e. The van der Waals surface area contributed by atoms with Gasteiger partial charge in [0.25, 0.3) is 0 Å². The lowest BCUT2D eigenvalue weighted by atomic mass is 10.2. The number of hydrogen-bond acceptors (Lipinski definition) is 2. The molecule has 0 aromatic carbocycles. The van der Waals surface area contributed by atoms with Gasteiger partial charge < -0.3 is 9.67 Å². The molecule has 2 aromatic rings. The van der Waals surface area contributed by atoms with E-state index in [4.69, 9.17) is 5.11 Å². The van der Waals surface area contributed by atoms with E-state index in [2.05, 4.69) is 27.6 Å². The fourth-order valence-electron chi connectivity index (χ4n) is 1.46. The lowest BCUT2D eigenvalue weighted by molar-refractivity contribution is 0.0692. The third kappa shape index (κ3) is 1.28. The van der Waals surface area contributed by atoms with E-state index >= 15 is 0 Å². The van der Waals surface area contributed by atoms with Gasteiger partial charge in [-0.25, -0.2) is 9.78 Å². The van der Waals surface area contributed by atoms with Crippen molar-refractivity contribution in [2.24, 2.45) is 7.05 Å².